The molecule has 1 saturated heterocycles. The number of hydrogen-bond acceptors (Lipinski definition) is 5. The van der Waals surface area contributed by atoms with Gasteiger partial charge >= 0.3 is 0 Å². The van der Waals surface area contributed by atoms with Gasteiger partial charge in [0, 0.05) is 31.7 Å². The molecule has 6 nitrogen and oxygen atoms in total. The zero-order valence-electron chi connectivity index (χ0n) is 14.2. The Balaban J connectivity index is 1.65. The van der Waals surface area contributed by atoms with E-state index in [4.69, 9.17) is 5.26 Å². The van der Waals surface area contributed by atoms with Gasteiger partial charge in [0.05, 0.1) is 17.0 Å². The molecule has 0 amide bonds. The van der Waals surface area contributed by atoms with Crippen LogP contribution in [-0.4, -0.2) is 56.1 Å². The van der Waals surface area contributed by atoms with Crippen molar-refractivity contribution >= 4 is 15.8 Å². The quantitative estimate of drug-likeness (QED) is 0.750. The van der Waals surface area contributed by atoms with E-state index in [9.17, 15) is 13.2 Å². The molecule has 0 spiro atoms. The van der Waals surface area contributed by atoms with Gasteiger partial charge in [0.1, 0.15) is 6.07 Å². The molecule has 0 saturated carbocycles. The number of benzene rings is 2. The molecule has 134 valence electrons. The summed E-state index contributed by atoms with van der Waals surface area (Å²) in [7, 11) is -3.71. The molecule has 7 heteroatoms. The predicted molar refractivity (Wildman–Crippen MR) is 97.1 cm³/mol. The van der Waals surface area contributed by atoms with Crippen LogP contribution in [0.4, 0.5) is 0 Å². The van der Waals surface area contributed by atoms with E-state index in [1.165, 1.54) is 16.4 Å². The van der Waals surface area contributed by atoms with Crippen molar-refractivity contribution in [2.75, 3.05) is 32.7 Å². The lowest BCUT2D eigenvalue weighted by Crippen LogP contribution is -2.49. The Hall–Kier alpha value is -2.53. The van der Waals surface area contributed by atoms with E-state index in [1.54, 1.807) is 24.3 Å². The number of nitriles is 1. The van der Waals surface area contributed by atoms with Crippen LogP contribution in [0.25, 0.3) is 0 Å². The normalized spacial score (nSPS) is 16.1. The molecular formula is C19H19N3O3S. The van der Waals surface area contributed by atoms with E-state index in [-0.39, 0.29) is 22.8 Å². The Morgan fingerprint density at radius 2 is 1.58 bits per heavy atom. The lowest BCUT2D eigenvalue weighted by Gasteiger charge is -2.33. The van der Waals surface area contributed by atoms with Gasteiger partial charge in [-0.25, -0.2) is 8.42 Å². The second kappa shape index (κ2) is 7.79. The number of sulfonamides is 1. The van der Waals surface area contributed by atoms with Crippen LogP contribution < -0.4 is 0 Å². The van der Waals surface area contributed by atoms with Gasteiger partial charge in [-0.15, -0.1) is 0 Å². The third kappa shape index (κ3) is 3.83. The fourth-order valence-corrected chi connectivity index (χ4v) is 4.53. The Morgan fingerprint density at radius 3 is 2.23 bits per heavy atom. The van der Waals surface area contributed by atoms with Crippen molar-refractivity contribution in [3.05, 3.63) is 65.7 Å². The maximum absolute atomic E-state index is 12.8. The fraction of sp³-hybridized carbons (Fsp3) is 0.263. The van der Waals surface area contributed by atoms with Crippen LogP contribution in [0.3, 0.4) is 0 Å². The first-order valence-electron chi connectivity index (χ1n) is 8.32. The zero-order valence-corrected chi connectivity index (χ0v) is 15.0. The number of Topliss-reactive ketones (excluding diaryl/α,β-unsaturated/α-hetero) is 1. The molecule has 26 heavy (non-hydrogen) atoms. The molecular weight excluding hydrogens is 350 g/mol. The van der Waals surface area contributed by atoms with Crippen LogP contribution in [0.15, 0.2) is 59.5 Å². The van der Waals surface area contributed by atoms with Crippen molar-refractivity contribution in [2.24, 2.45) is 0 Å². The molecule has 0 radical (unpaired) electrons. The topological polar surface area (TPSA) is 81.5 Å². The van der Waals surface area contributed by atoms with Crippen molar-refractivity contribution in [1.29, 1.82) is 5.26 Å². The van der Waals surface area contributed by atoms with E-state index in [0.29, 0.717) is 31.7 Å². The summed E-state index contributed by atoms with van der Waals surface area (Å²) < 4.78 is 27.0. The van der Waals surface area contributed by atoms with Gasteiger partial charge in [-0.1, -0.05) is 42.5 Å². The molecule has 2 aromatic carbocycles. The summed E-state index contributed by atoms with van der Waals surface area (Å²) in [6.07, 6.45) is 0. The Bertz CT molecular complexity index is 928. The van der Waals surface area contributed by atoms with Crippen molar-refractivity contribution < 1.29 is 13.2 Å². The van der Waals surface area contributed by atoms with Crippen molar-refractivity contribution in [3.8, 4) is 6.07 Å². The molecule has 1 aliphatic heterocycles. The number of hydrogen-bond donors (Lipinski definition) is 0. The van der Waals surface area contributed by atoms with E-state index in [0.717, 1.165) is 0 Å². The van der Waals surface area contributed by atoms with E-state index < -0.39 is 10.0 Å². The number of piperazine rings is 1. The molecule has 2 aromatic rings. The first-order chi connectivity index (χ1) is 12.5. The minimum atomic E-state index is -3.71. The molecule has 0 bridgehead atoms. The molecule has 3 rings (SSSR count). The predicted octanol–water partition coefficient (Wildman–Crippen LogP) is 1.75. The van der Waals surface area contributed by atoms with Gasteiger partial charge < -0.3 is 0 Å². The van der Waals surface area contributed by atoms with Gasteiger partial charge in [0.25, 0.3) is 0 Å². The van der Waals surface area contributed by atoms with Gasteiger partial charge in [0.2, 0.25) is 10.0 Å². The largest absolute Gasteiger partial charge is 0.293 e. The highest BCUT2D eigenvalue weighted by atomic mass is 32.2. The number of carbonyl (C=O) groups excluding carboxylic acids is 1. The second-order valence-corrected chi connectivity index (χ2v) is 7.98. The Kier molecular flexibility index (Phi) is 5.47. The molecule has 0 unspecified atom stereocenters. The first kappa shape index (κ1) is 18.3. The SMILES string of the molecule is N#Cc1ccccc1S(=O)(=O)N1CCN(CC(=O)c2ccccc2)CC1. The maximum Gasteiger partial charge on any atom is 0.244 e. The summed E-state index contributed by atoms with van der Waals surface area (Å²) in [5.74, 6) is 0.0248. The van der Waals surface area contributed by atoms with Crippen LogP contribution in [-0.2, 0) is 10.0 Å². The molecule has 1 heterocycles. The van der Waals surface area contributed by atoms with Gasteiger partial charge in [-0.05, 0) is 12.1 Å². The van der Waals surface area contributed by atoms with E-state index >= 15 is 0 Å². The van der Waals surface area contributed by atoms with Crippen molar-refractivity contribution in [1.82, 2.24) is 9.21 Å². The zero-order chi connectivity index (χ0) is 18.6. The van der Waals surface area contributed by atoms with Gasteiger partial charge in [0.15, 0.2) is 5.78 Å². The lowest BCUT2D eigenvalue weighted by atomic mass is 10.1. The highest BCUT2D eigenvalue weighted by Crippen LogP contribution is 2.21. The van der Waals surface area contributed by atoms with Crippen LogP contribution in [0.5, 0.6) is 0 Å². The van der Waals surface area contributed by atoms with Gasteiger partial charge in [-0.2, -0.15) is 9.57 Å². The number of ketones is 1. The maximum atomic E-state index is 12.8. The first-order valence-corrected chi connectivity index (χ1v) is 9.76. The summed E-state index contributed by atoms with van der Waals surface area (Å²) in [6.45, 7) is 1.82. The summed E-state index contributed by atoms with van der Waals surface area (Å²) in [5.41, 5.74) is 0.805. The second-order valence-electron chi connectivity index (χ2n) is 6.08. The highest BCUT2D eigenvalue weighted by Gasteiger charge is 2.30. The van der Waals surface area contributed by atoms with Crippen LogP contribution >= 0.6 is 0 Å². The van der Waals surface area contributed by atoms with Crippen LogP contribution in [0.2, 0.25) is 0 Å². The number of nitrogens with zero attached hydrogens (tertiary/aromatic N) is 3. The Morgan fingerprint density at radius 1 is 0.962 bits per heavy atom. The lowest BCUT2D eigenvalue weighted by molar-refractivity contribution is 0.0901. The highest BCUT2D eigenvalue weighted by molar-refractivity contribution is 7.89. The monoisotopic (exact) mass is 369 g/mol. The smallest absolute Gasteiger partial charge is 0.244 e. The Labute approximate surface area is 153 Å². The average Bonchev–Trinajstić information content (AvgIpc) is 2.69. The van der Waals surface area contributed by atoms with E-state index in [2.05, 4.69) is 0 Å². The van der Waals surface area contributed by atoms with E-state index in [1.807, 2.05) is 29.2 Å². The molecule has 0 aromatic heterocycles. The van der Waals surface area contributed by atoms with Crippen molar-refractivity contribution in [2.45, 2.75) is 4.90 Å². The average molecular weight is 369 g/mol. The number of carbonyl (C=O) groups is 1. The molecule has 1 fully saturated rings. The molecule has 0 N–H and O–H groups in total. The van der Waals surface area contributed by atoms with Crippen LogP contribution in [0.1, 0.15) is 15.9 Å². The van der Waals surface area contributed by atoms with Crippen LogP contribution in [0, 0.1) is 11.3 Å². The summed E-state index contributed by atoms with van der Waals surface area (Å²) in [4.78, 5) is 14.3. The third-order valence-electron chi connectivity index (χ3n) is 4.42. The molecule has 0 aliphatic carbocycles. The summed E-state index contributed by atoms with van der Waals surface area (Å²) >= 11 is 0. The fourth-order valence-electron chi connectivity index (χ4n) is 2.97. The summed E-state index contributed by atoms with van der Waals surface area (Å²) in [6, 6.07) is 17.2. The minimum Gasteiger partial charge on any atom is -0.293 e. The third-order valence-corrected chi connectivity index (χ3v) is 6.38. The number of rotatable bonds is 5. The van der Waals surface area contributed by atoms with Crippen molar-refractivity contribution in [3.63, 3.8) is 0 Å². The summed E-state index contributed by atoms with van der Waals surface area (Å²) in [5, 5.41) is 9.15. The van der Waals surface area contributed by atoms with Gasteiger partial charge in [-0.3, -0.25) is 9.69 Å². The standard InChI is InChI=1S/C19H19N3O3S/c20-14-17-8-4-5-9-19(17)26(24,25)22-12-10-21(11-13-22)15-18(23)16-6-2-1-3-7-16/h1-9H,10-13,15H2. The molecule has 1 aliphatic rings. The molecule has 0 atom stereocenters. The minimum absolute atomic E-state index is 0.0248.